The first kappa shape index (κ1) is 18.8. The summed E-state index contributed by atoms with van der Waals surface area (Å²) in [5.74, 6) is -1.21. The first-order valence-electron chi connectivity index (χ1n) is 6.58. The summed E-state index contributed by atoms with van der Waals surface area (Å²) >= 11 is 0. The quantitative estimate of drug-likeness (QED) is 0.420. The molecule has 0 radical (unpaired) electrons. The van der Waals surface area contributed by atoms with Gasteiger partial charge in [-0.2, -0.15) is 0 Å². The number of carboxylic acid groups (broad SMARTS) is 1. The van der Waals surface area contributed by atoms with E-state index in [1.54, 1.807) is 12.1 Å². The molecule has 128 valence electrons. The van der Waals surface area contributed by atoms with Gasteiger partial charge in [-0.1, -0.05) is 12.1 Å². The summed E-state index contributed by atoms with van der Waals surface area (Å²) in [6.07, 6.45) is -1.90. The monoisotopic (exact) mass is 330 g/mol. The molecule has 0 aliphatic rings. The lowest BCUT2D eigenvalue weighted by Gasteiger charge is -2.16. The number of rotatable bonds is 8. The minimum atomic E-state index is -1.47. The van der Waals surface area contributed by atoms with E-state index in [0.717, 1.165) is 5.56 Å². The third-order valence-electron chi connectivity index (χ3n) is 2.75. The summed E-state index contributed by atoms with van der Waals surface area (Å²) in [7, 11) is 0. The van der Waals surface area contributed by atoms with Gasteiger partial charge in [0.25, 0.3) is 0 Å². The number of nitrogens with zero attached hydrogens (tertiary/aromatic N) is 1. The molecule has 5 N–H and O–H groups in total. The summed E-state index contributed by atoms with van der Waals surface area (Å²) in [4.78, 5) is 26.8. The van der Waals surface area contributed by atoms with Gasteiger partial charge in [0.2, 0.25) is 0 Å². The molecule has 2 unspecified atom stereocenters. The zero-order valence-electron chi connectivity index (χ0n) is 12.2. The standard InChI is InChI=1S/C13H18N2O8/c1-8(16)11(12(17)18)14-13(19)23-10-4-2-9(3-5-10)6-7-22-15(20)21/h2-5,8,11,16,20-21H,6-7H2,1H3,(H,14,19)(H,17,18). The van der Waals surface area contributed by atoms with E-state index in [9.17, 15) is 14.7 Å². The molecule has 0 aromatic heterocycles. The van der Waals surface area contributed by atoms with E-state index in [-0.39, 0.29) is 17.7 Å². The number of hydrogen-bond acceptors (Lipinski definition) is 8. The van der Waals surface area contributed by atoms with E-state index in [1.807, 2.05) is 5.32 Å². The molecule has 1 amide bonds. The molecule has 1 aromatic carbocycles. The molecule has 10 nitrogen and oxygen atoms in total. The first-order chi connectivity index (χ1) is 10.8. The van der Waals surface area contributed by atoms with Crippen molar-refractivity contribution in [3.8, 4) is 5.75 Å². The second-order valence-corrected chi connectivity index (χ2v) is 4.57. The fourth-order valence-electron chi connectivity index (χ4n) is 1.62. The topological polar surface area (TPSA) is 149 Å². The van der Waals surface area contributed by atoms with Crippen molar-refractivity contribution in [1.82, 2.24) is 10.7 Å². The Labute approximate surface area is 131 Å². The summed E-state index contributed by atoms with van der Waals surface area (Å²) in [5.41, 5.74) is 0.784. The van der Waals surface area contributed by atoms with Gasteiger partial charge in [0.15, 0.2) is 6.04 Å². The predicted molar refractivity (Wildman–Crippen MR) is 73.8 cm³/mol. The molecule has 23 heavy (non-hydrogen) atoms. The second-order valence-electron chi connectivity index (χ2n) is 4.57. The van der Waals surface area contributed by atoms with Crippen LogP contribution in [0.25, 0.3) is 0 Å². The van der Waals surface area contributed by atoms with Gasteiger partial charge in [-0.15, -0.1) is 0 Å². The van der Waals surface area contributed by atoms with Crippen LogP contribution in [0.4, 0.5) is 4.79 Å². The molecule has 0 spiro atoms. The van der Waals surface area contributed by atoms with Crippen molar-refractivity contribution in [2.24, 2.45) is 0 Å². The molecule has 0 aliphatic carbocycles. The number of carbonyl (C=O) groups excluding carboxylic acids is 1. The number of hydrogen-bond donors (Lipinski definition) is 5. The number of benzene rings is 1. The number of amides is 1. The van der Waals surface area contributed by atoms with Gasteiger partial charge < -0.3 is 20.3 Å². The number of nitrogens with one attached hydrogen (secondary N) is 1. The minimum absolute atomic E-state index is 0.0301. The van der Waals surface area contributed by atoms with E-state index in [0.29, 0.717) is 6.42 Å². The maximum Gasteiger partial charge on any atom is 0.413 e. The molecular weight excluding hydrogens is 312 g/mol. The lowest BCUT2D eigenvalue weighted by molar-refractivity contribution is -0.492. The molecule has 2 atom stereocenters. The van der Waals surface area contributed by atoms with Crippen molar-refractivity contribution in [2.45, 2.75) is 25.5 Å². The number of aliphatic hydroxyl groups is 1. The number of carbonyl (C=O) groups is 2. The molecule has 0 bridgehead atoms. The third kappa shape index (κ3) is 7.04. The first-order valence-corrected chi connectivity index (χ1v) is 6.58. The Morgan fingerprint density at radius 3 is 2.35 bits per heavy atom. The van der Waals surface area contributed by atoms with Crippen LogP contribution in [0.1, 0.15) is 12.5 Å². The van der Waals surface area contributed by atoms with Crippen molar-refractivity contribution >= 4 is 12.1 Å². The van der Waals surface area contributed by atoms with E-state index in [1.165, 1.54) is 19.1 Å². The van der Waals surface area contributed by atoms with Gasteiger partial charge in [0.05, 0.1) is 18.1 Å². The maximum atomic E-state index is 11.6. The molecule has 0 saturated heterocycles. The Kier molecular flexibility index (Phi) is 7.38. The molecule has 10 heteroatoms. The Morgan fingerprint density at radius 1 is 1.26 bits per heavy atom. The van der Waals surface area contributed by atoms with Crippen LogP contribution >= 0.6 is 0 Å². The van der Waals surface area contributed by atoms with Gasteiger partial charge in [-0.3, -0.25) is 15.3 Å². The number of ether oxygens (including phenoxy) is 1. The van der Waals surface area contributed by atoms with Crippen LogP contribution in [0.5, 0.6) is 5.75 Å². The zero-order chi connectivity index (χ0) is 17.4. The van der Waals surface area contributed by atoms with Crippen LogP contribution in [-0.4, -0.2) is 56.8 Å². The minimum Gasteiger partial charge on any atom is -0.480 e. The molecular formula is C13H18N2O8. The van der Waals surface area contributed by atoms with Gasteiger partial charge >= 0.3 is 12.1 Å². The summed E-state index contributed by atoms with van der Waals surface area (Å²) in [5, 5.41) is 36.5. The summed E-state index contributed by atoms with van der Waals surface area (Å²) in [6.45, 7) is 1.26. The summed E-state index contributed by atoms with van der Waals surface area (Å²) in [6, 6.07) is 4.72. The van der Waals surface area contributed by atoms with Crippen LogP contribution in [0.2, 0.25) is 0 Å². The molecule has 0 heterocycles. The normalized spacial score (nSPS) is 13.4. The fraction of sp³-hybridized carbons (Fsp3) is 0.385. The molecule has 0 fully saturated rings. The van der Waals surface area contributed by atoms with Crippen molar-refractivity contribution in [3.05, 3.63) is 29.8 Å². The van der Waals surface area contributed by atoms with Crippen LogP contribution in [0, 0.1) is 0 Å². The Hall–Kier alpha value is -2.24. The number of aliphatic hydroxyl groups excluding tert-OH is 1. The van der Waals surface area contributed by atoms with Crippen molar-refractivity contribution in [3.63, 3.8) is 0 Å². The molecule has 1 aromatic rings. The highest BCUT2D eigenvalue weighted by Gasteiger charge is 2.25. The van der Waals surface area contributed by atoms with Crippen LogP contribution < -0.4 is 10.1 Å². The van der Waals surface area contributed by atoms with E-state index in [2.05, 4.69) is 4.84 Å². The molecule has 0 aliphatic heterocycles. The molecule has 1 rings (SSSR count). The average molecular weight is 330 g/mol. The largest absolute Gasteiger partial charge is 0.480 e. The Bertz CT molecular complexity index is 517. The second kappa shape index (κ2) is 9.02. The Balaban J connectivity index is 2.51. The average Bonchev–Trinajstić information content (AvgIpc) is 2.45. The van der Waals surface area contributed by atoms with Crippen molar-refractivity contribution < 1.29 is 39.8 Å². The maximum absolute atomic E-state index is 11.6. The highest BCUT2D eigenvalue weighted by molar-refractivity contribution is 5.81. The van der Waals surface area contributed by atoms with Crippen LogP contribution in [0.15, 0.2) is 24.3 Å². The van der Waals surface area contributed by atoms with Gasteiger partial charge in [-0.25, -0.2) is 9.59 Å². The lowest BCUT2D eigenvalue weighted by Crippen LogP contribution is -2.48. The van der Waals surface area contributed by atoms with E-state index in [4.69, 9.17) is 20.3 Å². The van der Waals surface area contributed by atoms with Gasteiger partial charge in [-0.05, 0) is 31.0 Å². The smallest absolute Gasteiger partial charge is 0.413 e. The molecule has 0 saturated carbocycles. The fourth-order valence-corrected chi connectivity index (χ4v) is 1.62. The highest BCUT2D eigenvalue weighted by Crippen LogP contribution is 2.13. The van der Waals surface area contributed by atoms with Gasteiger partial charge in [0, 0.05) is 0 Å². The van der Waals surface area contributed by atoms with Gasteiger partial charge in [0.1, 0.15) is 5.75 Å². The zero-order valence-corrected chi connectivity index (χ0v) is 12.2. The van der Waals surface area contributed by atoms with E-state index < -0.39 is 24.2 Å². The Morgan fingerprint density at radius 2 is 1.87 bits per heavy atom. The van der Waals surface area contributed by atoms with Crippen molar-refractivity contribution in [2.75, 3.05) is 6.61 Å². The van der Waals surface area contributed by atoms with Crippen molar-refractivity contribution in [1.29, 1.82) is 0 Å². The number of aliphatic carboxylic acids is 1. The SMILES string of the molecule is CC(O)C(NC(=O)Oc1ccc(CCON(O)O)cc1)C(=O)O. The predicted octanol–water partition coefficient (Wildman–Crippen LogP) is 0.163. The third-order valence-corrected chi connectivity index (χ3v) is 2.75. The summed E-state index contributed by atoms with van der Waals surface area (Å²) < 4.78 is 4.90. The van der Waals surface area contributed by atoms with Crippen LogP contribution in [0.3, 0.4) is 0 Å². The lowest BCUT2D eigenvalue weighted by atomic mass is 10.1. The van der Waals surface area contributed by atoms with Crippen LogP contribution in [-0.2, 0) is 16.1 Å². The highest BCUT2D eigenvalue weighted by atomic mass is 17.1. The number of carboxylic acids is 1. The van der Waals surface area contributed by atoms with E-state index >= 15 is 0 Å².